The van der Waals surface area contributed by atoms with Crippen molar-refractivity contribution < 1.29 is 14.3 Å². The quantitative estimate of drug-likeness (QED) is 0.385. The molecule has 1 fully saturated rings. The molecule has 2 aromatic carbocycles. The van der Waals surface area contributed by atoms with Gasteiger partial charge in [-0.05, 0) is 62.1 Å². The fourth-order valence-corrected chi connectivity index (χ4v) is 4.87. The highest BCUT2D eigenvalue weighted by Gasteiger charge is 2.27. The lowest BCUT2D eigenvalue weighted by Gasteiger charge is -2.23. The standard InChI is InChI=1S/C25H30N2O3S/c1-3-4-5-15-29-20-13-11-19(12-14-20)24(28)27(17-21-9-7-16-30-21)25-26-23-18(2)8-6-10-22(23)31-25/h6,8,10-14,21H,3-5,7,9,15-17H2,1-2H3. The molecule has 31 heavy (non-hydrogen) atoms. The van der Waals surface area contributed by atoms with Gasteiger partial charge in [-0.15, -0.1) is 0 Å². The van der Waals surface area contributed by atoms with Crippen molar-refractivity contribution in [2.45, 2.75) is 52.1 Å². The second kappa shape index (κ2) is 10.2. The molecule has 1 saturated heterocycles. The van der Waals surface area contributed by atoms with Crippen molar-refractivity contribution in [3.8, 4) is 5.75 Å². The Morgan fingerprint density at radius 2 is 2.06 bits per heavy atom. The maximum Gasteiger partial charge on any atom is 0.260 e. The van der Waals surface area contributed by atoms with E-state index in [-0.39, 0.29) is 12.0 Å². The van der Waals surface area contributed by atoms with E-state index in [0.717, 1.165) is 59.0 Å². The Kier molecular flexibility index (Phi) is 7.20. The number of unbranched alkanes of at least 4 members (excludes halogenated alkanes) is 2. The van der Waals surface area contributed by atoms with Crippen molar-refractivity contribution in [3.63, 3.8) is 0 Å². The van der Waals surface area contributed by atoms with Gasteiger partial charge in [0.15, 0.2) is 5.13 Å². The van der Waals surface area contributed by atoms with E-state index in [1.165, 1.54) is 6.42 Å². The molecule has 4 rings (SSSR count). The SMILES string of the molecule is CCCCCOc1ccc(C(=O)N(CC2CCCO2)c2nc3c(C)cccc3s2)cc1. The Morgan fingerprint density at radius 3 is 2.77 bits per heavy atom. The third kappa shape index (κ3) is 5.25. The van der Waals surface area contributed by atoms with Gasteiger partial charge in [-0.1, -0.05) is 43.2 Å². The maximum absolute atomic E-state index is 13.5. The van der Waals surface area contributed by atoms with E-state index < -0.39 is 0 Å². The molecule has 1 aromatic heterocycles. The molecule has 0 saturated carbocycles. The van der Waals surface area contributed by atoms with Crippen LogP contribution in [0.1, 0.15) is 54.9 Å². The summed E-state index contributed by atoms with van der Waals surface area (Å²) in [5.41, 5.74) is 2.72. The van der Waals surface area contributed by atoms with Crippen LogP contribution in [-0.4, -0.2) is 36.8 Å². The molecule has 0 bridgehead atoms. The van der Waals surface area contributed by atoms with Crippen molar-refractivity contribution in [1.29, 1.82) is 0 Å². The van der Waals surface area contributed by atoms with Crippen LogP contribution >= 0.6 is 11.3 Å². The van der Waals surface area contributed by atoms with Crippen molar-refractivity contribution in [2.24, 2.45) is 0 Å². The van der Waals surface area contributed by atoms with Crippen LogP contribution in [0.2, 0.25) is 0 Å². The first-order valence-electron chi connectivity index (χ1n) is 11.2. The summed E-state index contributed by atoms with van der Waals surface area (Å²) in [6.07, 6.45) is 5.44. The second-order valence-electron chi connectivity index (χ2n) is 8.05. The summed E-state index contributed by atoms with van der Waals surface area (Å²) in [5.74, 6) is 0.749. The molecule has 2 heterocycles. The van der Waals surface area contributed by atoms with Gasteiger partial charge in [-0.25, -0.2) is 4.98 Å². The molecule has 3 aromatic rings. The summed E-state index contributed by atoms with van der Waals surface area (Å²) >= 11 is 1.56. The van der Waals surface area contributed by atoms with Crippen molar-refractivity contribution in [2.75, 3.05) is 24.7 Å². The van der Waals surface area contributed by atoms with E-state index in [1.54, 1.807) is 16.2 Å². The number of rotatable bonds is 9. The monoisotopic (exact) mass is 438 g/mol. The zero-order valence-electron chi connectivity index (χ0n) is 18.3. The number of ether oxygens (including phenoxy) is 2. The highest BCUT2D eigenvalue weighted by molar-refractivity contribution is 7.22. The number of aromatic nitrogens is 1. The molecule has 1 atom stereocenters. The molecule has 0 spiro atoms. The number of anilines is 1. The van der Waals surface area contributed by atoms with Gasteiger partial charge in [0.2, 0.25) is 0 Å². The topological polar surface area (TPSA) is 51.7 Å². The minimum Gasteiger partial charge on any atom is -0.494 e. The van der Waals surface area contributed by atoms with Crippen LogP contribution in [-0.2, 0) is 4.74 Å². The van der Waals surface area contributed by atoms with E-state index >= 15 is 0 Å². The summed E-state index contributed by atoms with van der Waals surface area (Å²) in [4.78, 5) is 20.1. The number of hydrogen-bond acceptors (Lipinski definition) is 5. The maximum atomic E-state index is 13.5. The lowest BCUT2D eigenvalue weighted by molar-refractivity contribution is 0.0917. The number of carbonyl (C=O) groups excluding carboxylic acids is 1. The Hall–Kier alpha value is -2.44. The van der Waals surface area contributed by atoms with Gasteiger partial charge in [-0.2, -0.15) is 0 Å². The molecule has 1 unspecified atom stereocenters. The fourth-order valence-electron chi connectivity index (χ4n) is 3.82. The zero-order valence-corrected chi connectivity index (χ0v) is 19.1. The molecule has 1 aliphatic heterocycles. The molecule has 1 aliphatic rings. The third-order valence-electron chi connectivity index (χ3n) is 5.61. The van der Waals surface area contributed by atoms with Crippen LogP contribution in [0, 0.1) is 6.92 Å². The Bertz CT molecular complexity index is 1010. The van der Waals surface area contributed by atoms with Crippen molar-refractivity contribution in [1.82, 2.24) is 4.98 Å². The summed E-state index contributed by atoms with van der Waals surface area (Å²) in [7, 11) is 0. The highest BCUT2D eigenvalue weighted by atomic mass is 32.1. The first-order chi connectivity index (χ1) is 15.2. The molecule has 6 heteroatoms. The van der Waals surface area contributed by atoms with Gasteiger partial charge < -0.3 is 9.47 Å². The Balaban J connectivity index is 1.55. The van der Waals surface area contributed by atoms with E-state index in [1.807, 2.05) is 30.3 Å². The van der Waals surface area contributed by atoms with E-state index in [0.29, 0.717) is 18.7 Å². The minimum absolute atomic E-state index is 0.0512. The summed E-state index contributed by atoms with van der Waals surface area (Å²) in [6, 6.07) is 13.6. The average molecular weight is 439 g/mol. The van der Waals surface area contributed by atoms with Crippen LogP contribution in [0.25, 0.3) is 10.2 Å². The number of aryl methyl sites for hydroxylation is 1. The first-order valence-corrected chi connectivity index (χ1v) is 12.0. The third-order valence-corrected chi connectivity index (χ3v) is 6.66. The van der Waals surface area contributed by atoms with E-state index in [9.17, 15) is 4.79 Å². The van der Waals surface area contributed by atoms with Crippen molar-refractivity contribution in [3.05, 3.63) is 53.6 Å². The molecule has 5 nitrogen and oxygen atoms in total. The summed E-state index contributed by atoms with van der Waals surface area (Å²) in [5, 5.41) is 0.727. The molecule has 0 aliphatic carbocycles. The molecule has 164 valence electrons. The van der Waals surface area contributed by atoms with Gasteiger partial charge in [0, 0.05) is 12.2 Å². The number of para-hydroxylation sites is 1. The summed E-state index contributed by atoms with van der Waals surface area (Å²) < 4.78 is 12.7. The van der Waals surface area contributed by atoms with E-state index in [2.05, 4.69) is 26.0 Å². The van der Waals surface area contributed by atoms with E-state index in [4.69, 9.17) is 14.5 Å². The van der Waals surface area contributed by atoms with Crippen LogP contribution in [0.15, 0.2) is 42.5 Å². The van der Waals surface area contributed by atoms with Crippen LogP contribution < -0.4 is 9.64 Å². The number of hydrogen-bond donors (Lipinski definition) is 0. The smallest absolute Gasteiger partial charge is 0.260 e. The number of fused-ring (bicyclic) bond motifs is 1. The zero-order chi connectivity index (χ0) is 21.6. The molecular weight excluding hydrogens is 408 g/mol. The molecule has 1 amide bonds. The summed E-state index contributed by atoms with van der Waals surface area (Å²) in [6.45, 7) is 6.22. The number of benzene rings is 2. The minimum atomic E-state index is -0.0512. The van der Waals surface area contributed by atoms with Crippen LogP contribution in [0.5, 0.6) is 5.75 Å². The van der Waals surface area contributed by atoms with Gasteiger partial charge in [0.05, 0.1) is 29.5 Å². The van der Waals surface area contributed by atoms with Gasteiger partial charge in [0.1, 0.15) is 5.75 Å². The number of amides is 1. The largest absolute Gasteiger partial charge is 0.494 e. The van der Waals surface area contributed by atoms with Gasteiger partial charge >= 0.3 is 0 Å². The highest BCUT2D eigenvalue weighted by Crippen LogP contribution is 2.32. The van der Waals surface area contributed by atoms with Crippen molar-refractivity contribution >= 4 is 32.6 Å². The van der Waals surface area contributed by atoms with Gasteiger partial charge in [-0.3, -0.25) is 9.69 Å². The Morgan fingerprint density at radius 1 is 1.23 bits per heavy atom. The first kappa shape index (κ1) is 21.8. The number of carbonyl (C=O) groups is 1. The average Bonchev–Trinajstić information content (AvgIpc) is 3.45. The molecular formula is C25H30N2O3S. The lowest BCUT2D eigenvalue weighted by Crippen LogP contribution is -2.37. The van der Waals surface area contributed by atoms with Crippen LogP contribution in [0.4, 0.5) is 5.13 Å². The van der Waals surface area contributed by atoms with Gasteiger partial charge in [0.25, 0.3) is 5.91 Å². The number of thiazole rings is 1. The predicted octanol–water partition coefficient (Wildman–Crippen LogP) is 6.00. The fraction of sp³-hybridized carbons (Fsp3) is 0.440. The predicted molar refractivity (Wildman–Crippen MR) is 126 cm³/mol. The van der Waals surface area contributed by atoms with Crippen LogP contribution in [0.3, 0.4) is 0 Å². The normalized spacial score (nSPS) is 16.0. The molecule has 0 N–H and O–H groups in total. The Labute approximate surface area is 188 Å². The molecule has 0 radical (unpaired) electrons. The number of nitrogens with zero attached hydrogens (tertiary/aromatic N) is 2. The lowest BCUT2D eigenvalue weighted by atomic mass is 10.1. The second-order valence-corrected chi connectivity index (χ2v) is 9.06.